The minimum absolute atomic E-state index is 0.0475. The molecule has 0 saturated heterocycles. The molecule has 0 aliphatic rings. The van der Waals surface area contributed by atoms with Crippen LogP contribution in [0.2, 0.25) is 0 Å². The molecule has 0 bridgehead atoms. The Morgan fingerprint density at radius 1 is 1.43 bits per heavy atom. The summed E-state index contributed by atoms with van der Waals surface area (Å²) in [7, 11) is 0. The van der Waals surface area contributed by atoms with E-state index in [-0.39, 0.29) is 18.1 Å². The zero-order valence-corrected chi connectivity index (χ0v) is 7.23. The number of hydrogen-bond donors (Lipinski definition) is 3. The van der Waals surface area contributed by atoms with Crippen LogP contribution in [-0.2, 0) is 4.79 Å². The van der Waals surface area contributed by atoms with E-state index >= 15 is 0 Å². The summed E-state index contributed by atoms with van der Waals surface area (Å²) >= 11 is 0. The molecule has 1 aromatic rings. The standard InChI is InChI=1S/C7H9N5O2/c8-5-2-10-1-4(12-5)7(14)11-3-6(9)13/h1-2H,3H2,(H2,8,12)(H2,9,13)(H,11,14). The lowest BCUT2D eigenvalue weighted by molar-refractivity contribution is -0.117. The molecule has 74 valence electrons. The summed E-state index contributed by atoms with van der Waals surface area (Å²) in [5, 5.41) is 2.25. The first kappa shape index (κ1) is 9.90. The normalized spacial score (nSPS) is 9.43. The van der Waals surface area contributed by atoms with E-state index in [4.69, 9.17) is 11.5 Å². The number of rotatable bonds is 3. The Hall–Kier alpha value is -2.18. The Balaban J connectivity index is 2.65. The smallest absolute Gasteiger partial charge is 0.272 e. The summed E-state index contributed by atoms with van der Waals surface area (Å²) in [6.45, 7) is -0.241. The molecule has 0 saturated carbocycles. The molecule has 1 rings (SSSR count). The third-order valence-electron chi connectivity index (χ3n) is 1.31. The van der Waals surface area contributed by atoms with Gasteiger partial charge in [-0.3, -0.25) is 14.6 Å². The van der Waals surface area contributed by atoms with E-state index in [1.807, 2.05) is 0 Å². The Labute approximate surface area is 79.5 Å². The second kappa shape index (κ2) is 4.17. The van der Waals surface area contributed by atoms with E-state index in [0.717, 1.165) is 0 Å². The summed E-state index contributed by atoms with van der Waals surface area (Å²) < 4.78 is 0. The molecule has 0 aliphatic heterocycles. The maximum atomic E-state index is 11.2. The molecule has 0 fully saturated rings. The highest BCUT2D eigenvalue weighted by Gasteiger charge is 2.08. The Morgan fingerprint density at radius 2 is 2.14 bits per heavy atom. The predicted octanol–water partition coefficient (Wildman–Crippen LogP) is -1.73. The van der Waals surface area contributed by atoms with Gasteiger partial charge in [-0.15, -0.1) is 0 Å². The first-order valence-electron chi connectivity index (χ1n) is 3.73. The van der Waals surface area contributed by atoms with E-state index < -0.39 is 11.8 Å². The summed E-state index contributed by atoms with van der Waals surface area (Å²) in [5.74, 6) is -1.03. The summed E-state index contributed by atoms with van der Waals surface area (Å²) in [6.07, 6.45) is 2.55. The fourth-order valence-electron chi connectivity index (χ4n) is 0.748. The number of nitrogens with one attached hydrogen (secondary N) is 1. The lowest BCUT2D eigenvalue weighted by atomic mass is 10.4. The lowest BCUT2D eigenvalue weighted by Crippen LogP contribution is -2.33. The van der Waals surface area contributed by atoms with Gasteiger partial charge >= 0.3 is 0 Å². The molecular formula is C7H9N5O2. The fourth-order valence-corrected chi connectivity index (χ4v) is 0.748. The zero-order valence-electron chi connectivity index (χ0n) is 7.23. The number of amides is 2. The number of carbonyl (C=O) groups excluding carboxylic acids is 2. The third kappa shape index (κ3) is 2.70. The molecule has 1 aromatic heterocycles. The van der Waals surface area contributed by atoms with E-state index in [0.29, 0.717) is 0 Å². The molecule has 7 heteroatoms. The number of primary amides is 1. The summed E-state index contributed by atoms with van der Waals surface area (Å²) in [5.41, 5.74) is 10.2. The third-order valence-corrected chi connectivity index (χ3v) is 1.31. The highest BCUT2D eigenvalue weighted by Crippen LogP contribution is 1.96. The minimum atomic E-state index is -0.629. The molecular weight excluding hydrogens is 186 g/mol. The van der Waals surface area contributed by atoms with Crippen LogP contribution in [0.4, 0.5) is 5.82 Å². The molecule has 0 spiro atoms. The first-order valence-corrected chi connectivity index (χ1v) is 3.73. The number of nitrogens with zero attached hydrogens (tertiary/aromatic N) is 2. The zero-order chi connectivity index (χ0) is 10.6. The fraction of sp³-hybridized carbons (Fsp3) is 0.143. The van der Waals surface area contributed by atoms with Crippen molar-refractivity contribution in [2.45, 2.75) is 0 Å². The van der Waals surface area contributed by atoms with Gasteiger partial charge in [-0.1, -0.05) is 0 Å². The number of carbonyl (C=O) groups is 2. The van der Waals surface area contributed by atoms with Crippen molar-refractivity contribution in [3.8, 4) is 0 Å². The topological polar surface area (TPSA) is 124 Å². The highest BCUT2D eigenvalue weighted by molar-refractivity contribution is 5.94. The van der Waals surface area contributed by atoms with E-state index in [1.165, 1.54) is 12.4 Å². The number of aromatic nitrogens is 2. The molecule has 7 nitrogen and oxygen atoms in total. The van der Waals surface area contributed by atoms with Crippen LogP contribution in [0.5, 0.6) is 0 Å². The highest BCUT2D eigenvalue weighted by atomic mass is 16.2. The second-order valence-corrected chi connectivity index (χ2v) is 2.48. The van der Waals surface area contributed by atoms with Crippen molar-refractivity contribution in [2.75, 3.05) is 12.3 Å². The van der Waals surface area contributed by atoms with Gasteiger partial charge in [-0.2, -0.15) is 0 Å². The molecule has 1 heterocycles. The molecule has 0 atom stereocenters. The van der Waals surface area contributed by atoms with Crippen molar-refractivity contribution in [1.82, 2.24) is 15.3 Å². The van der Waals surface area contributed by atoms with Crippen LogP contribution in [0, 0.1) is 0 Å². The molecule has 0 radical (unpaired) electrons. The van der Waals surface area contributed by atoms with Crippen LogP contribution in [-0.4, -0.2) is 28.3 Å². The maximum absolute atomic E-state index is 11.2. The van der Waals surface area contributed by atoms with Crippen LogP contribution in [0.25, 0.3) is 0 Å². The SMILES string of the molecule is NC(=O)CNC(=O)c1cncc(N)n1. The van der Waals surface area contributed by atoms with Gasteiger partial charge in [-0.25, -0.2) is 4.98 Å². The second-order valence-electron chi connectivity index (χ2n) is 2.48. The van der Waals surface area contributed by atoms with Gasteiger partial charge < -0.3 is 16.8 Å². The maximum Gasteiger partial charge on any atom is 0.272 e. The van der Waals surface area contributed by atoms with Gasteiger partial charge in [0.2, 0.25) is 5.91 Å². The lowest BCUT2D eigenvalue weighted by Gasteiger charge is -2.01. The Morgan fingerprint density at radius 3 is 2.71 bits per heavy atom. The van der Waals surface area contributed by atoms with Crippen molar-refractivity contribution in [2.24, 2.45) is 5.73 Å². The minimum Gasteiger partial charge on any atom is -0.382 e. The van der Waals surface area contributed by atoms with Crippen molar-refractivity contribution >= 4 is 17.6 Å². The average molecular weight is 195 g/mol. The molecule has 2 amide bonds. The largest absolute Gasteiger partial charge is 0.382 e. The predicted molar refractivity (Wildman–Crippen MR) is 48.0 cm³/mol. The van der Waals surface area contributed by atoms with Gasteiger partial charge in [0.1, 0.15) is 11.5 Å². The summed E-state index contributed by atoms with van der Waals surface area (Å²) in [6, 6.07) is 0. The van der Waals surface area contributed by atoms with Crippen LogP contribution < -0.4 is 16.8 Å². The molecule has 0 unspecified atom stereocenters. The quantitative estimate of drug-likeness (QED) is 0.528. The molecule has 14 heavy (non-hydrogen) atoms. The van der Waals surface area contributed by atoms with Crippen molar-refractivity contribution in [3.05, 3.63) is 18.1 Å². The first-order chi connectivity index (χ1) is 6.59. The van der Waals surface area contributed by atoms with Crippen LogP contribution >= 0.6 is 0 Å². The number of nitrogen functional groups attached to an aromatic ring is 1. The van der Waals surface area contributed by atoms with Gasteiger partial charge in [-0.05, 0) is 0 Å². The van der Waals surface area contributed by atoms with Crippen molar-refractivity contribution in [3.63, 3.8) is 0 Å². The van der Waals surface area contributed by atoms with E-state index in [2.05, 4.69) is 15.3 Å². The van der Waals surface area contributed by atoms with Crippen LogP contribution in [0.3, 0.4) is 0 Å². The van der Waals surface area contributed by atoms with Crippen molar-refractivity contribution < 1.29 is 9.59 Å². The number of anilines is 1. The Bertz CT molecular complexity index is 365. The number of hydrogen-bond acceptors (Lipinski definition) is 5. The Kier molecular flexibility index (Phi) is 2.95. The number of nitrogens with two attached hydrogens (primary N) is 2. The van der Waals surface area contributed by atoms with Gasteiger partial charge in [0, 0.05) is 0 Å². The summed E-state index contributed by atoms with van der Waals surface area (Å²) in [4.78, 5) is 28.9. The van der Waals surface area contributed by atoms with Crippen molar-refractivity contribution in [1.29, 1.82) is 0 Å². The molecule has 0 aliphatic carbocycles. The molecule has 0 aromatic carbocycles. The van der Waals surface area contributed by atoms with E-state index in [1.54, 1.807) is 0 Å². The van der Waals surface area contributed by atoms with Crippen LogP contribution in [0.15, 0.2) is 12.4 Å². The van der Waals surface area contributed by atoms with Gasteiger partial charge in [0.15, 0.2) is 0 Å². The monoisotopic (exact) mass is 195 g/mol. The van der Waals surface area contributed by atoms with Gasteiger partial charge in [0.25, 0.3) is 5.91 Å². The van der Waals surface area contributed by atoms with Crippen LogP contribution in [0.1, 0.15) is 10.5 Å². The van der Waals surface area contributed by atoms with Gasteiger partial charge in [0.05, 0.1) is 18.9 Å². The average Bonchev–Trinajstić information content (AvgIpc) is 2.14. The molecule has 5 N–H and O–H groups in total. The van der Waals surface area contributed by atoms with E-state index in [9.17, 15) is 9.59 Å².